The second-order valence-electron chi connectivity index (χ2n) is 2.77. The van der Waals surface area contributed by atoms with Crippen LogP contribution in [-0.2, 0) is 0 Å². The highest BCUT2D eigenvalue weighted by molar-refractivity contribution is 9.10. The minimum atomic E-state index is 0.768. The molecule has 0 heterocycles. The van der Waals surface area contributed by atoms with E-state index in [0.29, 0.717) is 0 Å². The molecule has 0 N–H and O–H groups in total. The van der Waals surface area contributed by atoms with Crippen LogP contribution in [0.1, 0.15) is 13.8 Å². The summed E-state index contributed by atoms with van der Waals surface area (Å²) in [5, 5.41) is 0.768. The molecule has 0 saturated carbocycles. The van der Waals surface area contributed by atoms with Crippen molar-refractivity contribution < 1.29 is 0 Å². The van der Waals surface area contributed by atoms with E-state index in [2.05, 4.69) is 40.7 Å². The third-order valence-corrected chi connectivity index (χ3v) is 3.26. The third-order valence-electron chi connectivity index (χ3n) is 2.03. The molecule has 0 saturated heterocycles. The molecule has 0 aromatic heterocycles. The summed E-state index contributed by atoms with van der Waals surface area (Å²) in [7, 11) is 0. The first-order chi connectivity index (χ1) is 6.19. The summed E-state index contributed by atoms with van der Waals surface area (Å²) < 4.78 is 0.949. The minimum Gasteiger partial charge on any atom is -0.372 e. The zero-order valence-corrected chi connectivity index (χ0v) is 10.2. The molecule has 0 atom stereocenters. The topological polar surface area (TPSA) is 3.24 Å². The molecule has 0 spiro atoms. The summed E-state index contributed by atoms with van der Waals surface area (Å²) in [5.74, 6) is 0. The lowest BCUT2D eigenvalue weighted by Crippen LogP contribution is -2.21. The van der Waals surface area contributed by atoms with E-state index in [0.717, 1.165) is 22.6 Å². The molecule has 0 amide bonds. The van der Waals surface area contributed by atoms with Gasteiger partial charge in [0.15, 0.2) is 0 Å². The van der Waals surface area contributed by atoms with E-state index >= 15 is 0 Å². The Hall–Kier alpha value is -0.210. The Balaban J connectivity index is 2.95. The fourth-order valence-electron chi connectivity index (χ4n) is 1.27. The van der Waals surface area contributed by atoms with Crippen LogP contribution in [0.3, 0.4) is 0 Å². The maximum Gasteiger partial charge on any atom is 0.0568 e. The second kappa shape index (κ2) is 4.87. The molecule has 72 valence electrons. The average Bonchev–Trinajstić information content (AvgIpc) is 2.13. The molecule has 1 aromatic rings. The van der Waals surface area contributed by atoms with Crippen LogP contribution in [0, 0.1) is 0 Å². The van der Waals surface area contributed by atoms with Gasteiger partial charge in [-0.2, -0.15) is 0 Å². The summed E-state index contributed by atoms with van der Waals surface area (Å²) in [4.78, 5) is 2.26. The number of halogens is 2. The zero-order valence-electron chi connectivity index (χ0n) is 7.85. The molecule has 0 unspecified atom stereocenters. The monoisotopic (exact) mass is 261 g/mol. The normalized spacial score (nSPS) is 10.2. The van der Waals surface area contributed by atoms with Gasteiger partial charge in [-0.1, -0.05) is 11.6 Å². The van der Waals surface area contributed by atoms with Gasteiger partial charge in [-0.15, -0.1) is 0 Å². The van der Waals surface area contributed by atoms with Gasteiger partial charge in [0.1, 0.15) is 0 Å². The Morgan fingerprint density at radius 2 is 1.92 bits per heavy atom. The van der Waals surface area contributed by atoms with E-state index in [1.165, 1.54) is 5.69 Å². The van der Waals surface area contributed by atoms with Crippen molar-refractivity contribution in [3.63, 3.8) is 0 Å². The SMILES string of the molecule is CCN(CC)c1ccc(Br)c(Cl)c1. The van der Waals surface area contributed by atoms with Crippen LogP contribution in [0.4, 0.5) is 5.69 Å². The molecule has 0 aliphatic heterocycles. The number of hydrogen-bond acceptors (Lipinski definition) is 1. The first kappa shape index (κ1) is 10.9. The maximum absolute atomic E-state index is 6.00. The zero-order chi connectivity index (χ0) is 9.84. The van der Waals surface area contributed by atoms with Crippen LogP contribution < -0.4 is 4.90 Å². The lowest BCUT2D eigenvalue weighted by molar-refractivity contribution is 0.866. The Labute approximate surface area is 92.8 Å². The van der Waals surface area contributed by atoms with Crippen molar-refractivity contribution in [2.24, 2.45) is 0 Å². The molecule has 13 heavy (non-hydrogen) atoms. The highest BCUT2D eigenvalue weighted by Crippen LogP contribution is 2.27. The summed E-state index contributed by atoms with van der Waals surface area (Å²) in [6, 6.07) is 6.04. The fourth-order valence-corrected chi connectivity index (χ4v) is 1.69. The third kappa shape index (κ3) is 2.61. The van der Waals surface area contributed by atoms with Gasteiger partial charge in [-0.05, 0) is 48.0 Å². The fraction of sp³-hybridized carbons (Fsp3) is 0.400. The van der Waals surface area contributed by atoms with E-state index in [1.54, 1.807) is 0 Å². The smallest absolute Gasteiger partial charge is 0.0568 e. The molecule has 1 aromatic carbocycles. The number of anilines is 1. The van der Waals surface area contributed by atoms with Gasteiger partial charge in [0.25, 0.3) is 0 Å². The van der Waals surface area contributed by atoms with Crippen molar-refractivity contribution in [1.29, 1.82) is 0 Å². The molecule has 1 rings (SSSR count). The maximum atomic E-state index is 6.00. The van der Waals surface area contributed by atoms with Crippen LogP contribution in [0.25, 0.3) is 0 Å². The second-order valence-corrected chi connectivity index (χ2v) is 4.03. The number of rotatable bonds is 3. The predicted octanol–water partition coefficient (Wildman–Crippen LogP) is 3.95. The standard InChI is InChI=1S/C10H13BrClN/c1-3-13(4-2)8-5-6-9(11)10(12)7-8/h5-7H,3-4H2,1-2H3. The molecular formula is C10H13BrClN. The predicted molar refractivity (Wildman–Crippen MR) is 62.7 cm³/mol. The lowest BCUT2D eigenvalue weighted by Gasteiger charge is -2.21. The van der Waals surface area contributed by atoms with Crippen LogP contribution in [0.2, 0.25) is 5.02 Å². The van der Waals surface area contributed by atoms with E-state index in [4.69, 9.17) is 11.6 Å². The summed E-state index contributed by atoms with van der Waals surface area (Å²) in [6.45, 7) is 6.29. The molecule has 3 heteroatoms. The molecule has 0 aliphatic rings. The Bertz CT molecular complexity index is 284. The van der Waals surface area contributed by atoms with E-state index in [1.807, 2.05) is 12.1 Å². The van der Waals surface area contributed by atoms with Crippen LogP contribution in [-0.4, -0.2) is 13.1 Å². The number of benzene rings is 1. The van der Waals surface area contributed by atoms with Crippen molar-refractivity contribution in [2.45, 2.75) is 13.8 Å². The van der Waals surface area contributed by atoms with Crippen LogP contribution in [0.5, 0.6) is 0 Å². The first-order valence-electron chi connectivity index (χ1n) is 4.39. The minimum absolute atomic E-state index is 0.768. The van der Waals surface area contributed by atoms with Gasteiger partial charge in [-0.3, -0.25) is 0 Å². The quantitative estimate of drug-likeness (QED) is 0.797. The van der Waals surface area contributed by atoms with Gasteiger partial charge in [0.2, 0.25) is 0 Å². The van der Waals surface area contributed by atoms with Crippen molar-refractivity contribution in [1.82, 2.24) is 0 Å². The first-order valence-corrected chi connectivity index (χ1v) is 5.56. The molecular weight excluding hydrogens is 249 g/mol. The van der Waals surface area contributed by atoms with Gasteiger partial charge >= 0.3 is 0 Å². The summed E-state index contributed by atoms with van der Waals surface area (Å²) in [5.41, 5.74) is 1.18. The van der Waals surface area contributed by atoms with Crippen molar-refractivity contribution in [3.8, 4) is 0 Å². The highest BCUT2D eigenvalue weighted by atomic mass is 79.9. The average molecular weight is 263 g/mol. The van der Waals surface area contributed by atoms with Gasteiger partial charge < -0.3 is 4.90 Å². The molecule has 1 nitrogen and oxygen atoms in total. The number of nitrogens with zero attached hydrogens (tertiary/aromatic N) is 1. The van der Waals surface area contributed by atoms with Crippen LogP contribution in [0.15, 0.2) is 22.7 Å². The Kier molecular flexibility index (Phi) is 4.07. The van der Waals surface area contributed by atoms with E-state index in [-0.39, 0.29) is 0 Å². The van der Waals surface area contributed by atoms with E-state index in [9.17, 15) is 0 Å². The van der Waals surface area contributed by atoms with Gasteiger partial charge in [0.05, 0.1) is 5.02 Å². The summed E-state index contributed by atoms with van der Waals surface area (Å²) in [6.07, 6.45) is 0. The lowest BCUT2D eigenvalue weighted by atomic mass is 10.3. The van der Waals surface area contributed by atoms with Crippen molar-refractivity contribution >= 4 is 33.2 Å². The highest BCUT2D eigenvalue weighted by Gasteiger charge is 2.03. The van der Waals surface area contributed by atoms with Crippen molar-refractivity contribution in [3.05, 3.63) is 27.7 Å². The van der Waals surface area contributed by atoms with Gasteiger partial charge in [-0.25, -0.2) is 0 Å². The molecule has 0 fully saturated rings. The van der Waals surface area contributed by atoms with Gasteiger partial charge in [0, 0.05) is 23.2 Å². The number of hydrogen-bond donors (Lipinski definition) is 0. The molecule has 0 aliphatic carbocycles. The Morgan fingerprint density at radius 1 is 1.31 bits per heavy atom. The molecule has 0 bridgehead atoms. The summed E-state index contributed by atoms with van der Waals surface area (Å²) >= 11 is 9.37. The van der Waals surface area contributed by atoms with E-state index < -0.39 is 0 Å². The largest absolute Gasteiger partial charge is 0.372 e. The van der Waals surface area contributed by atoms with Crippen molar-refractivity contribution in [2.75, 3.05) is 18.0 Å². The molecule has 0 radical (unpaired) electrons. The Morgan fingerprint density at radius 3 is 2.38 bits per heavy atom. The van der Waals surface area contributed by atoms with Crippen LogP contribution >= 0.6 is 27.5 Å².